The van der Waals surface area contributed by atoms with Crippen molar-refractivity contribution < 1.29 is 9.13 Å². The third kappa shape index (κ3) is 3.94. The SMILES string of the molecule is Nc1ccccc1CCOCc1cc(F)ccc1Cl. The zero-order valence-electron chi connectivity index (χ0n) is 10.4. The van der Waals surface area contributed by atoms with E-state index in [1.807, 2.05) is 24.3 Å². The lowest BCUT2D eigenvalue weighted by molar-refractivity contribution is 0.124. The zero-order valence-corrected chi connectivity index (χ0v) is 11.2. The van der Waals surface area contributed by atoms with Crippen LogP contribution in [0.15, 0.2) is 42.5 Å². The standard InChI is InChI=1S/C15H15ClFNO/c16-14-6-5-13(17)9-12(14)10-19-8-7-11-3-1-2-4-15(11)18/h1-6,9H,7-8,10,18H2. The van der Waals surface area contributed by atoms with Crippen LogP contribution >= 0.6 is 11.6 Å². The smallest absolute Gasteiger partial charge is 0.123 e. The average Bonchev–Trinajstić information content (AvgIpc) is 2.40. The van der Waals surface area contributed by atoms with Crippen molar-refractivity contribution in [3.8, 4) is 0 Å². The first kappa shape index (κ1) is 13.8. The number of anilines is 1. The monoisotopic (exact) mass is 279 g/mol. The Morgan fingerprint density at radius 1 is 1.11 bits per heavy atom. The van der Waals surface area contributed by atoms with Crippen LogP contribution in [0, 0.1) is 5.82 Å². The molecule has 0 heterocycles. The first-order chi connectivity index (χ1) is 9.16. The van der Waals surface area contributed by atoms with Crippen LogP contribution in [0.25, 0.3) is 0 Å². The minimum atomic E-state index is -0.310. The van der Waals surface area contributed by atoms with Crippen molar-refractivity contribution >= 4 is 17.3 Å². The highest BCUT2D eigenvalue weighted by Crippen LogP contribution is 2.18. The molecule has 2 N–H and O–H groups in total. The van der Waals surface area contributed by atoms with Crippen LogP contribution in [0.2, 0.25) is 5.02 Å². The number of hydrogen-bond acceptors (Lipinski definition) is 2. The fourth-order valence-corrected chi connectivity index (χ4v) is 1.95. The van der Waals surface area contributed by atoms with E-state index in [4.69, 9.17) is 22.1 Å². The maximum Gasteiger partial charge on any atom is 0.123 e. The van der Waals surface area contributed by atoms with E-state index in [9.17, 15) is 4.39 Å². The summed E-state index contributed by atoms with van der Waals surface area (Å²) in [4.78, 5) is 0. The molecule has 0 atom stereocenters. The third-order valence-corrected chi connectivity index (χ3v) is 3.20. The third-order valence-electron chi connectivity index (χ3n) is 2.84. The molecule has 0 unspecified atom stereocenters. The maximum atomic E-state index is 13.0. The molecule has 2 aromatic rings. The van der Waals surface area contributed by atoms with Crippen LogP contribution in [-0.2, 0) is 17.8 Å². The van der Waals surface area contributed by atoms with Gasteiger partial charge in [-0.2, -0.15) is 0 Å². The Balaban J connectivity index is 1.84. The lowest BCUT2D eigenvalue weighted by Crippen LogP contribution is -2.02. The van der Waals surface area contributed by atoms with Gasteiger partial charge in [-0.3, -0.25) is 0 Å². The molecule has 0 aliphatic heterocycles. The highest BCUT2D eigenvalue weighted by Gasteiger charge is 2.03. The highest BCUT2D eigenvalue weighted by atomic mass is 35.5. The number of halogens is 2. The van der Waals surface area contributed by atoms with Crippen molar-refractivity contribution in [2.45, 2.75) is 13.0 Å². The van der Waals surface area contributed by atoms with E-state index in [-0.39, 0.29) is 5.82 Å². The first-order valence-electron chi connectivity index (χ1n) is 6.02. The molecule has 0 amide bonds. The molecule has 0 spiro atoms. The van der Waals surface area contributed by atoms with E-state index in [0.717, 1.165) is 17.7 Å². The zero-order chi connectivity index (χ0) is 13.7. The predicted molar refractivity (Wildman–Crippen MR) is 75.6 cm³/mol. The van der Waals surface area contributed by atoms with Gasteiger partial charge in [-0.1, -0.05) is 29.8 Å². The largest absolute Gasteiger partial charge is 0.399 e. The molecular formula is C15H15ClFNO. The van der Waals surface area contributed by atoms with Crippen molar-refractivity contribution in [2.75, 3.05) is 12.3 Å². The molecule has 19 heavy (non-hydrogen) atoms. The first-order valence-corrected chi connectivity index (χ1v) is 6.39. The summed E-state index contributed by atoms with van der Waals surface area (Å²) in [5.41, 5.74) is 8.29. The summed E-state index contributed by atoms with van der Waals surface area (Å²) in [5.74, 6) is -0.310. The quantitative estimate of drug-likeness (QED) is 0.667. The Morgan fingerprint density at radius 3 is 2.68 bits per heavy atom. The Kier molecular flexibility index (Phi) is 4.77. The molecule has 0 fully saturated rings. The summed E-state index contributed by atoms with van der Waals surface area (Å²) >= 11 is 5.95. The van der Waals surface area contributed by atoms with E-state index >= 15 is 0 Å². The highest BCUT2D eigenvalue weighted by molar-refractivity contribution is 6.31. The van der Waals surface area contributed by atoms with E-state index < -0.39 is 0 Å². The van der Waals surface area contributed by atoms with Gasteiger partial charge in [-0.25, -0.2) is 4.39 Å². The van der Waals surface area contributed by atoms with Crippen molar-refractivity contribution in [3.05, 3.63) is 64.4 Å². The second-order valence-corrected chi connectivity index (χ2v) is 4.64. The Labute approximate surface area is 117 Å². The molecule has 2 aromatic carbocycles. The fourth-order valence-electron chi connectivity index (χ4n) is 1.78. The second kappa shape index (κ2) is 6.55. The fraction of sp³-hybridized carbons (Fsp3) is 0.200. The van der Waals surface area contributed by atoms with Crippen LogP contribution in [-0.4, -0.2) is 6.61 Å². The van der Waals surface area contributed by atoms with Crippen molar-refractivity contribution in [3.63, 3.8) is 0 Å². The molecule has 2 nitrogen and oxygen atoms in total. The number of benzene rings is 2. The van der Waals surface area contributed by atoms with Crippen LogP contribution in [0.5, 0.6) is 0 Å². The summed E-state index contributed by atoms with van der Waals surface area (Å²) in [7, 11) is 0. The van der Waals surface area contributed by atoms with Gasteiger partial charge in [0.15, 0.2) is 0 Å². The van der Waals surface area contributed by atoms with Crippen LogP contribution in [0.1, 0.15) is 11.1 Å². The molecule has 0 saturated heterocycles. The van der Waals surface area contributed by atoms with Gasteiger partial charge in [0.1, 0.15) is 5.82 Å². The van der Waals surface area contributed by atoms with E-state index in [2.05, 4.69) is 0 Å². The number of ether oxygens (including phenoxy) is 1. The molecule has 0 aliphatic carbocycles. The summed E-state index contributed by atoms with van der Waals surface area (Å²) in [6.45, 7) is 0.810. The van der Waals surface area contributed by atoms with Gasteiger partial charge in [0.05, 0.1) is 13.2 Å². The van der Waals surface area contributed by atoms with E-state index in [0.29, 0.717) is 23.8 Å². The van der Waals surface area contributed by atoms with Crippen molar-refractivity contribution in [2.24, 2.45) is 0 Å². The molecule has 4 heteroatoms. The van der Waals surface area contributed by atoms with Crippen LogP contribution in [0.4, 0.5) is 10.1 Å². The van der Waals surface area contributed by atoms with Crippen LogP contribution in [0.3, 0.4) is 0 Å². The van der Waals surface area contributed by atoms with E-state index in [1.165, 1.54) is 18.2 Å². The molecular weight excluding hydrogens is 265 g/mol. The molecule has 100 valence electrons. The second-order valence-electron chi connectivity index (χ2n) is 4.24. The van der Waals surface area contributed by atoms with Gasteiger partial charge in [-0.05, 0) is 41.8 Å². The Morgan fingerprint density at radius 2 is 1.89 bits per heavy atom. The Hall–Kier alpha value is -1.58. The Bertz CT molecular complexity index is 560. The van der Waals surface area contributed by atoms with Gasteiger partial charge in [0.2, 0.25) is 0 Å². The molecule has 2 rings (SSSR count). The number of rotatable bonds is 5. The number of nitrogens with two attached hydrogens (primary N) is 1. The van der Waals surface area contributed by atoms with E-state index in [1.54, 1.807) is 0 Å². The van der Waals surface area contributed by atoms with Gasteiger partial charge in [-0.15, -0.1) is 0 Å². The minimum Gasteiger partial charge on any atom is -0.399 e. The maximum absolute atomic E-state index is 13.0. The lowest BCUT2D eigenvalue weighted by atomic mass is 10.1. The van der Waals surface area contributed by atoms with Gasteiger partial charge in [0.25, 0.3) is 0 Å². The normalized spacial score (nSPS) is 10.6. The molecule has 0 bridgehead atoms. The lowest BCUT2D eigenvalue weighted by Gasteiger charge is -2.08. The van der Waals surface area contributed by atoms with Gasteiger partial charge in [0, 0.05) is 10.7 Å². The van der Waals surface area contributed by atoms with Gasteiger partial charge < -0.3 is 10.5 Å². The number of para-hydroxylation sites is 1. The topological polar surface area (TPSA) is 35.2 Å². The van der Waals surface area contributed by atoms with Crippen LogP contribution < -0.4 is 5.73 Å². The summed E-state index contributed by atoms with van der Waals surface area (Å²) in [6, 6.07) is 11.9. The van der Waals surface area contributed by atoms with Crippen molar-refractivity contribution in [1.82, 2.24) is 0 Å². The molecule has 0 aliphatic rings. The number of hydrogen-bond donors (Lipinski definition) is 1. The summed E-state index contributed by atoms with van der Waals surface area (Å²) in [5, 5.41) is 0.514. The molecule has 0 aromatic heterocycles. The van der Waals surface area contributed by atoms with Crippen molar-refractivity contribution in [1.29, 1.82) is 0 Å². The van der Waals surface area contributed by atoms with Gasteiger partial charge >= 0.3 is 0 Å². The average molecular weight is 280 g/mol. The summed E-state index contributed by atoms with van der Waals surface area (Å²) < 4.78 is 18.6. The predicted octanol–water partition coefficient (Wildman–Crippen LogP) is 3.82. The number of nitrogen functional groups attached to an aromatic ring is 1. The minimum absolute atomic E-state index is 0.295. The summed E-state index contributed by atoms with van der Waals surface area (Å²) in [6.07, 6.45) is 0.722. The molecule has 0 saturated carbocycles. The molecule has 0 radical (unpaired) electrons.